The van der Waals surface area contributed by atoms with E-state index in [1.807, 2.05) is 22.9 Å². The highest BCUT2D eigenvalue weighted by atomic mass is 35.5. The van der Waals surface area contributed by atoms with E-state index in [0.29, 0.717) is 15.1 Å². The number of imidazole rings is 1. The van der Waals surface area contributed by atoms with Crippen LogP contribution in [0, 0.1) is 0 Å². The lowest BCUT2D eigenvalue weighted by molar-refractivity contribution is 0.908. The number of hydrogen-bond donors (Lipinski definition) is 0. The van der Waals surface area contributed by atoms with Crippen molar-refractivity contribution < 1.29 is 0 Å². The molecule has 0 aliphatic rings. The largest absolute Gasteiger partial charge is 0.281 e. The quantitative estimate of drug-likeness (QED) is 0.627. The van der Waals surface area contributed by atoms with Crippen LogP contribution in [0.1, 0.15) is 12.6 Å². The molecule has 1 aromatic carbocycles. The van der Waals surface area contributed by atoms with Gasteiger partial charge in [0.25, 0.3) is 0 Å². The third-order valence-corrected chi connectivity index (χ3v) is 4.08. The molecule has 3 nitrogen and oxygen atoms in total. The summed E-state index contributed by atoms with van der Waals surface area (Å²) in [6.07, 6.45) is 4.27. The maximum Gasteiger partial charge on any atom is 0.147 e. The Balaban J connectivity index is 2.21. The molecule has 0 amide bonds. The van der Waals surface area contributed by atoms with E-state index in [1.165, 1.54) is 0 Å². The molecule has 22 heavy (non-hydrogen) atoms. The minimum atomic E-state index is 0.552. The van der Waals surface area contributed by atoms with Gasteiger partial charge < -0.3 is 0 Å². The van der Waals surface area contributed by atoms with Crippen LogP contribution in [0.3, 0.4) is 0 Å². The van der Waals surface area contributed by atoms with Gasteiger partial charge in [-0.05, 0) is 36.8 Å². The van der Waals surface area contributed by atoms with Gasteiger partial charge in [0.2, 0.25) is 0 Å². The van der Waals surface area contributed by atoms with Gasteiger partial charge in [0.1, 0.15) is 11.6 Å². The molecule has 2 aromatic heterocycles. The molecule has 2 heterocycles. The van der Waals surface area contributed by atoms with Crippen LogP contribution in [0.4, 0.5) is 0 Å². The van der Waals surface area contributed by atoms with E-state index >= 15 is 0 Å². The lowest BCUT2D eigenvalue weighted by Gasteiger charge is -2.11. The molecule has 0 radical (unpaired) electrons. The summed E-state index contributed by atoms with van der Waals surface area (Å²) in [7, 11) is 0. The van der Waals surface area contributed by atoms with E-state index in [0.717, 1.165) is 29.3 Å². The highest BCUT2D eigenvalue weighted by molar-refractivity contribution is 6.36. The number of nitrogens with zero attached hydrogens (tertiary/aromatic N) is 3. The van der Waals surface area contributed by atoms with E-state index in [4.69, 9.17) is 34.8 Å². The van der Waals surface area contributed by atoms with Crippen molar-refractivity contribution in [3.8, 4) is 17.2 Å². The average molecular weight is 353 g/mol. The molecule has 0 aliphatic carbocycles. The molecule has 0 atom stereocenters. The zero-order valence-corrected chi connectivity index (χ0v) is 14.0. The van der Waals surface area contributed by atoms with Gasteiger partial charge in [-0.3, -0.25) is 4.57 Å². The normalized spacial score (nSPS) is 10.9. The minimum Gasteiger partial charge on any atom is -0.281 e. The summed E-state index contributed by atoms with van der Waals surface area (Å²) in [5, 5.41) is 1.73. The second-order valence-electron chi connectivity index (χ2n) is 4.72. The number of pyridine rings is 1. The summed E-state index contributed by atoms with van der Waals surface area (Å²) in [6.45, 7) is 2.07. The Hall–Kier alpha value is -1.55. The first-order chi connectivity index (χ1) is 10.6. The predicted octanol–water partition coefficient (Wildman–Crippen LogP) is 5.46. The monoisotopic (exact) mass is 351 g/mol. The highest BCUT2D eigenvalue weighted by Crippen LogP contribution is 2.31. The molecule has 0 saturated carbocycles. The second kappa shape index (κ2) is 6.29. The number of rotatable bonds is 3. The maximum atomic E-state index is 6.32. The standard InChI is InChI=1S/C16H12Cl3N3/c1-2-12-9-21-16(13-5-3-10(17)7-14(13)19)22(12)15-6-4-11(18)8-20-15/h3-9H,2H2,1H3. The predicted molar refractivity (Wildman–Crippen MR) is 91.2 cm³/mol. The summed E-state index contributed by atoms with van der Waals surface area (Å²) in [4.78, 5) is 8.89. The first-order valence-corrected chi connectivity index (χ1v) is 7.87. The molecule has 6 heteroatoms. The summed E-state index contributed by atoms with van der Waals surface area (Å²) in [6, 6.07) is 9.02. The van der Waals surface area contributed by atoms with Crippen LogP contribution in [0.25, 0.3) is 17.2 Å². The third kappa shape index (κ3) is 2.84. The number of aromatic nitrogens is 3. The van der Waals surface area contributed by atoms with E-state index in [2.05, 4.69) is 16.9 Å². The van der Waals surface area contributed by atoms with Gasteiger partial charge in [0.05, 0.1) is 10.0 Å². The van der Waals surface area contributed by atoms with Crippen molar-refractivity contribution in [1.82, 2.24) is 14.5 Å². The number of benzene rings is 1. The van der Waals surface area contributed by atoms with Gasteiger partial charge in [-0.15, -0.1) is 0 Å². The molecule has 0 spiro atoms. The van der Waals surface area contributed by atoms with E-state index in [-0.39, 0.29) is 0 Å². The molecule has 3 rings (SSSR count). The zero-order chi connectivity index (χ0) is 15.7. The number of halogens is 3. The average Bonchev–Trinajstić information content (AvgIpc) is 2.92. The zero-order valence-electron chi connectivity index (χ0n) is 11.7. The first kappa shape index (κ1) is 15.3. The molecule has 0 saturated heterocycles. The van der Waals surface area contributed by atoms with Gasteiger partial charge in [-0.2, -0.15) is 0 Å². The molecule has 0 unspecified atom stereocenters. The van der Waals surface area contributed by atoms with Crippen molar-refractivity contribution in [2.24, 2.45) is 0 Å². The Morgan fingerprint density at radius 3 is 2.36 bits per heavy atom. The van der Waals surface area contributed by atoms with Crippen molar-refractivity contribution in [1.29, 1.82) is 0 Å². The smallest absolute Gasteiger partial charge is 0.147 e. The number of hydrogen-bond acceptors (Lipinski definition) is 2. The summed E-state index contributed by atoms with van der Waals surface area (Å²) in [5.74, 6) is 1.48. The summed E-state index contributed by atoms with van der Waals surface area (Å²) >= 11 is 18.2. The van der Waals surface area contributed by atoms with Gasteiger partial charge in [-0.25, -0.2) is 9.97 Å². The summed E-state index contributed by atoms with van der Waals surface area (Å²) in [5.41, 5.74) is 1.85. The van der Waals surface area contributed by atoms with Crippen LogP contribution in [0.5, 0.6) is 0 Å². The van der Waals surface area contributed by atoms with Crippen LogP contribution in [-0.2, 0) is 6.42 Å². The van der Waals surface area contributed by atoms with Crippen molar-refractivity contribution in [2.45, 2.75) is 13.3 Å². The highest BCUT2D eigenvalue weighted by Gasteiger charge is 2.16. The molecular weight excluding hydrogens is 341 g/mol. The Labute approximate surface area is 143 Å². The van der Waals surface area contributed by atoms with Crippen molar-refractivity contribution in [3.63, 3.8) is 0 Å². The molecule has 112 valence electrons. The van der Waals surface area contributed by atoms with Gasteiger partial charge in [-0.1, -0.05) is 41.7 Å². The van der Waals surface area contributed by atoms with Crippen LogP contribution in [-0.4, -0.2) is 14.5 Å². The van der Waals surface area contributed by atoms with Crippen LogP contribution < -0.4 is 0 Å². The third-order valence-electron chi connectivity index (χ3n) is 3.31. The fourth-order valence-electron chi connectivity index (χ4n) is 2.25. The van der Waals surface area contributed by atoms with Crippen LogP contribution in [0.2, 0.25) is 15.1 Å². The molecule has 0 bridgehead atoms. The SMILES string of the molecule is CCc1cnc(-c2ccc(Cl)cc2Cl)n1-c1ccc(Cl)cn1. The Bertz CT molecular complexity index is 810. The molecule has 0 aliphatic heterocycles. The van der Waals surface area contributed by atoms with Crippen LogP contribution in [0.15, 0.2) is 42.7 Å². The molecule has 0 N–H and O–H groups in total. The van der Waals surface area contributed by atoms with Crippen LogP contribution >= 0.6 is 34.8 Å². The van der Waals surface area contributed by atoms with Gasteiger partial charge in [0, 0.05) is 28.7 Å². The van der Waals surface area contributed by atoms with Gasteiger partial charge in [0.15, 0.2) is 0 Å². The molecular formula is C16H12Cl3N3. The lowest BCUT2D eigenvalue weighted by Crippen LogP contribution is -2.04. The van der Waals surface area contributed by atoms with Crippen molar-refractivity contribution in [2.75, 3.05) is 0 Å². The fraction of sp³-hybridized carbons (Fsp3) is 0.125. The number of aryl methyl sites for hydroxylation is 1. The van der Waals surface area contributed by atoms with Crippen molar-refractivity contribution >= 4 is 34.8 Å². The summed E-state index contributed by atoms with van der Waals surface area (Å²) < 4.78 is 1.98. The molecule has 0 fully saturated rings. The Kier molecular flexibility index (Phi) is 4.39. The fourth-order valence-corrected chi connectivity index (χ4v) is 2.86. The minimum absolute atomic E-state index is 0.552. The first-order valence-electron chi connectivity index (χ1n) is 6.74. The van der Waals surface area contributed by atoms with E-state index < -0.39 is 0 Å². The Morgan fingerprint density at radius 2 is 1.73 bits per heavy atom. The molecule has 3 aromatic rings. The van der Waals surface area contributed by atoms with E-state index in [1.54, 1.807) is 24.4 Å². The van der Waals surface area contributed by atoms with E-state index in [9.17, 15) is 0 Å². The maximum absolute atomic E-state index is 6.32. The second-order valence-corrected chi connectivity index (χ2v) is 6.00. The van der Waals surface area contributed by atoms with Crippen molar-refractivity contribution in [3.05, 3.63) is 63.5 Å². The lowest BCUT2D eigenvalue weighted by atomic mass is 10.2. The van der Waals surface area contributed by atoms with Gasteiger partial charge >= 0.3 is 0 Å². The topological polar surface area (TPSA) is 30.7 Å². The Morgan fingerprint density at radius 1 is 0.955 bits per heavy atom.